The average molecular weight is 357 g/mol. The monoisotopic (exact) mass is 356 g/mol. The van der Waals surface area contributed by atoms with E-state index in [0.29, 0.717) is 16.6 Å². The van der Waals surface area contributed by atoms with E-state index in [4.69, 9.17) is 16.3 Å². The molecule has 6 nitrogen and oxygen atoms in total. The quantitative estimate of drug-likeness (QED) is 0.729. The minimum Gasteiger partial charge on any atom is -0.483 e. The number of H-pyrrole nitrogens is 1. The number of nitrogens with one attached hydrogen (secondary N) is 2. The summed E-state index contributed by atoms with van der Waals surface area (Å²) in [6, 6.07) is 13.1. The van der Waals surface area contributed by atoms with Gasteiger partial charge in [-0.05, 0) is 37.6 Å². The van der Waals surface area contributed by atoms with Gasteiger partial charge in [-0.25, -0.2) is 0 Å². The number of benzene rings is 2. The highest BCUT2D eigenvalue weighted by molar-refractivity contribution is 6.30. The fraction of sp³-hybridized carbons (Fsp3) is 0.167. The number of hydrogen-bond acceptors (Lipinski definition) is 4. The number of ether oxygens (including phenoxy) is 1. The number of halogens is 1. The second-order valence-electron chi connectivity index (χ2n) is 5.62. The van der Waals surface area contributed by atoms with Crippen LogP contribution in [0.5, 0.6) is 5.75 Å². The van der Waals surface area contributed by atoms with Crippen LogP contribution in [0.1, 0.15) is 11.1 Å². The molecule has 0 bridgehead atoms. The fourth-order valence-corrected chi connectivity index (χ4v) is 2.46. The Hall–Kier alpha value is -2.86. The van der Waals surface area contributed by atoms with Crippen LogP contribution in [-0.2, 0) is 4.79 Å². The molecule has 25 heavy (non-hydrogen) atoms. The molecule has 7 heteroatoms. The van der Waals surface area contributed by atoms with Crippen LogP contribution in [0, 0.1) is 13.8 Å². The van der Waals surface area contributed by atoms with Crippen LogP contribution in [-0.4, -0.2) is 27.7 Å². The molecule has 1 amide bonds. The van der Waals surface area contributed by atoms with Crippen LogP contribution in [0.4, 0.5) is 5.95 Å². The van der Waals surface area contributed by atoms with E-state index in [1.807, 2.05) is 38.1 Å². The first kappa shape index (κ1) is 17.0. The van der Waals surface area contributed by atoms with Crippen molar-refractivity contribution in [2.75, 3.05) is 11.9 Å². The zero-order valence-electron chi connectivity index (χ0n) is 13.8. The topological polar surface area (TPSA) is 79.9 Å². The molecule has 0 saturated heterocycles. The predicted molar refractivity (Wildman–Crippen MR) is 96.9 cm³/mol. The van der Waals surface area contributed by atoms with Crippen molar-refractivity contribution in [1.82, 2.24) is 15.2 Å². The number of aromatic nitrogens is 3. The Morgan fingerprint density at radius 3 is 2.68 bits per heavy atom. The maximum Gasteiger partial charge on any atom is 0.264 e. The third kappa shape index (κ3) is 4.36. The second-order valence-corrected chi connectivity index (χ2v) is 6.06. The molecule has 128 valence electrons. The van der Waals surface area contributed by atoms with Crippen molar-refractivity contribution in [3.05, 3.63) is 58.6 Å². The van der Waals surface area contributed by atoms with Gasteiger partial charge in [0.15, 0.2) is 12.4 Å². The highest BCUT2D eigenvalue weighted by atomic mass is 35.5. The third-order valence-corrected chi connectivity index (χ3v) is 3.79. The Kier molecular flexibility index (Phi) is 5.00. The van der Waals surface area contributed by atoms with E-state index in [0.717, 1.165) is 16.7 Å². The summed E-state index contributed by atoms with van der Waals surface area (Å²) >= 11 is 5.89. The van der Waals surface area contributed by atoms with Gasteiger partial charge in [-0.1, -0.05) is 41.4 Å². The summed E-state index contributed by atoms with van der Waals surface area (Å²) in [5.74, 6) is 1.06. The molecule has 0 atom stereocenters. The van der Waals surface area contributed by atoms with Gasteiger partial charge in [-0.2, -0.15) is 4.98 Å². The van der Waals surface area contributed by atoms with Gasteiger partial charge in [0.25, 0.3) is 5.91 Å². The van der Waals surface area contributed by atoms with Crippen LogP contribution in [0.15, 0.2) is 42.5 Å². The lowest BCUT2D eigenvalue weighted by molar-refractivity contribution is -0.118. The van der Waals surface area contributed by atoms with E-state index in [1.54, 1.807) is 18.2 Å². The maximum absolute atomic E-state index is 12.0. The van der Waals surface area contributed by atoms with Crippen LogP contribution in [0.3, 0.4) is 0 Å². The van der Waals surface area contributed by atoms with E-state index < -0.39 is 0 Å². The molecule has 3 rings (SSSR count). The van der Waals surface area contributed by atoms with Crippen molar-refractivity contribution in [3.63, 3.8) is 0 Å². The summed E-state index contributed by atoms with van der Waals surface area (Å²) in [6.45, 7) is 3.73. The second kappa shape index (κ2) is 7.36. The van der Waals surface area contributed by atoms with Gasteiger partial charge in [0.1, 0.15) is 5.75 Å². The molecule has 0 radical (unpaired) electrons. The number of carbonyl (C=O) groups excluding carboxylic acids is 1. The lowest BCUT2D eigenvalue weighted by Crippen LogP contribution is -2.21. The predicted octanol–water partition coefficient (Wildman–Crippen LogP) is 3.76. The first-order valence-corrected chi connectivity index (χ1v) is 8.07. The Bertz CT molecular complexity index is 890. The molecule has 3 aromatic rings. The number of anilines is 1. The van der Waals surface area contributed by atoms with Gasteiger partial charge in [0.05, 0.1) is 0 Å². The highest BCUT2D eigenvalue weighted by Gasteiger charge is 2.10. The van der Waals surface area contributed by atoms with Gasteiger partial charge < -0.3 is 4.74 Å². The van der Waals surface area contributed by atoms with E-state index in [2.05, 4.69) is 20.5 Å². The molecule has 0 spiro atoms. The third-order valence-electron chi connectivity index (χ3n) is 3.56. The van der Waals surface area contributed by atoms with Crippen LogP contribution in [0.2, 0.25) is 5.02 Å². The SMILES string of the molecule is Cc1ccc(-c2nc(NC(=O)COc3ccc(Cl)cc3C)n[nH]2)cc1. The molecule has 2 aromatic carbocycles. The minimum absolute atomic E-state index is 0.142. The number of amides is 1. The molecule has 0 fully saturated rings. The van der Waals surface area contributed by atoms with Crippen molar-refractivity contribution in [2.24, 2.45) is 0 Å². The number of hydrogen-bond donors (Lipinski definition) is 2. The summed E-state index contributed by atoms with van der Waals surface area (Å²) < 4.78 is 5.49. The minimum atomic E-state index is -0.344. The normalized spacial score (nSPS) is 10.5. The number of rotatable bonds is 5. The zero-order chi connectivity index (χ0) is 17.8. The van der Waals surface area contributed by atoms with Crippen LogP contribution < -0.4 is 10.1 Å². The van der Waals surface area contributed by atoms with Gasteiger partial charge in [0, 0.05) is 10.6 Å². The Morgan fingerprint density at radius 2 is 1.96 bits per heavy atom. The van der Waals surface area contributed by atoms with E-state index in [-0.39, 0.29) is 18.5 Å². The summed E-state index contributed by atoms with van der Waals surface area (Å²) in [6.07, 6.45) is 0. The average Bonchev–Trinajstić information content (AvgIpc) is 3.03. The molecule has 0 aliphatic heterocycles. The van der Waals surface area contributed by atoms with Gasteiger partial charge >= 0.3 is 0 Å². The summed E-state index contributed by atoms with van der Waals surface area (Å²) in [5.41, 5.74) is 2.91. The number of aryl methyl sites for hydroxylation is 2. The van der Waals surface area contributed by atoms with Crippen LogP contribution >= 0.6 is 11.6 Å². The van der Waals surface area contributed by atoms with Gasteiger partial charge in [-0.3, -0.25) is 15.2 Å². The van der Waals surface area contributed by atoms with Crippen molar-refractivity contribution >= 4 is 23.5 Å². The molecule has 2 N–H and O–H groups in total. The lowest BCUT2D eigenvalue weighted by atomic mass is 10.1. The lowest BCUT2D eigenvalue weighted by Gasteiger charge is -2.08. The first-order chi connectivity index (χ1) is 12.0. The summed E-state index contributed by atoms with van der Waals surface area (Å²) in [5, 5.41) is 10.0. The van der Waals surface area contributed by atoms with Crippen molar-refractivity contribution < 1.29 is 9.53 Å². The molecule has 0 aliphatic rings. The number of carbonyl (C=O) groups is 1. The summed E-state index contributed by atoms with van der Waals surface area (Å²) in [4.78, 5) is 16.3. The zero-order valence-corrected chi connectivity index (χ0v) is 14.6. The molecule has 0 saturated carbocycles. The van der Waals surface area contributed by atoms with Crippen molar-refractivity contribution in [3.8, 4) is 17.1 Å². The summed E-state index contributed by atoms with van der Waals surface area (Å²) in [7, 11) is 0. The molecule has 0 aliphatic carbocycles. The van der Waals surface area contributed by atoms with Gasteiger partial charge in [0.2, 0.25) is 5.95 Å². The molecule has 1 heterocycles. The number of aromatic amines is 1. The van der Waals surface area contributed by atoms with E-state index >= 15 is 0 Å². The largest absolute Gasteiger partial charge is 0.483 e. The van der Waals surface area contributed by atoms with E-state index in [1.165, 1.54) is 0 Å². The molecular weight excluding hydrogens is 340 g/mol. The first-order valence-electron chi connectivity index (χ1n) is 7.69. The molecule has 0 unspecified atom stereocenters. The standard InChI is InChI=1S/C18H17ClN4O2/c1-11-3-5-13(6-4-11)17-21-18(23-22-17)20-16(24)10-25-15-8-7-14(19)9-12(15)2/h3-9H,10H2,1-2H3,(H2,20,21,22,23,24). The van der Waals surface area contributed by atoms with Crippen molar-refractivity contribution in [2.45, 2.75) is 13.8 Å². The number of nitrogens with zero attached hydrogens (tertiary/aromatic N) is 2. The fourth-order valence-electron chi connectivity index (χ4n) is 2.24. The maximum atomic E-state index is 12.0. The Morgan fingerprint density at radius 1 is 1.20 bits per heavy atom. The Labute approximate surface area is 150 Å². The van der Waals surface area contributed by atoms with Crippen molar-refractivity contribution in [1.29, 1.82) is 0 Å². The van der Waals surface area contributed by atoms with Gasteiger partial charge in [-0.15, -0.1) is 5.10 Å². The molecule has 1 aromatic heterocycles. The molecular formula is C18H17ClN4O2. The Balaban J connectivity index is 1.59. The van der Waals surface area contributed by atoms with E-state index in [9.17, 15) is 4.79 Å². The smallest absolute Gasteiger partial charge is 0.264 e. The highest BCUT2D eigenvalue weighted by Crippen LogP contribution is 2.21. The van der Waals surface area contributed by atoms with Crippen LogP contribution in [0.25, 0.3) is 11.4 Å².